The van der Waals surface area contributed by atoms with Crippen LogP contribution < -0.4 is 5.73 Å². The van der Waals surface area contributed by atoms with Crippen molar-refractivity contribution in [3.63, 3.8) is 0 Å². The molecule has 1 amide bonds. The fraction of sp³-hybridized carbons (Fsp3) is 0.591. The number of aryl methyl sites for hydroxylation is 1. The van der Waals surface area contributed by atoms with Crippen molar-refractivity contribution in [3.8, 4) is 0 Å². The van der Waals surface area contributed by atoms with Gasteiger partial charge in [0, 0.05) is 38.3 Å². The molecule has 1 aromatic carbocycles. The molecule has 2 aliphatic heterocycles. The molecule has 3 rings (SSSR count). The molecule has 31 heavy (non-hydrogen) atoms. The van der Waals surface area contributed by atoms with Crippen LogP contribution in [0.3, 0.4) is 0 Å². The Hall–Kier alpha value is -2.29. The molecule has 2 aliphatic rings. The quantitative estimate of drug-likeness (QED) is 0.712. The van der Waals surface area contributed by atoms with E-state index in [1.807, 2.05) is 13.8 Å². The number of halogens is 4. The minimum atomic E-state index is -4.40. The number of hydrogen-bond donors (Lipinski definition) is 1. The van der Waals surface area contributed by atoms with Crippen LogP contribution in [-0.4, -0.2) is 65.7 Å². The zero-order chi connectivity index (χ0) is 23.1. The highest BCUT2D eigenvalue weighted by Gasteiger charge is 2.53. The number of piperazine rings is 1. The molecule has 1 fully saturated rings. The van der Waals surface area contributed by atoms with Crippen molar-refractivity contribution in [3.05, 3.63) is 46.5 Å². The van der Waals surface area contributed by atoms with Gasteiger partial charge in [-0.2, -0.15) is 13.2 Å². The molecule has 2 unspecified atom stereocenters. The molecule has 2 N–H and O–H groups in total. The molecule has 0 spiro atoms. The average molecular weight is 443 g/mol. The molecule has 0 aromatic heterocycles. The summed E-state index contributed by atoms with van der Waals surface area (Å²) in [6.45, 7) is 5.91. The number of allylic oxidation sites excluding steroid dienone is 1. The van der Waals surface area contributed by atoms with Crippen molar-refractivity contribution in [2.24, 2.45) is 11.7 Å². The number of fused-ring (bicyclic) bond motifs is 1. The molecule has 0 aliphatic carbocycles. The number of carbonyl (C=O) groups is 1. The first-order valence-electron chi connectivity index (χ1n) is 10.5. The van der Waals surface area contributed by atoms with E-state index < -0.39 is 18.4 Å². The number of rotatable bonds is 5. The van der Waals surface area contributed by atoms with Crippen LogP contribution in [0, 0.1) is 18.7 Å². The normalized spacial score (nSPS) is 20.6. The molecule has 1 saturated heterocycles. The summed E-state index contributed by atoms with van der Waals surface area (Å²) >= 11 is 0. The number of alkyl halides is 3. The van der Waals surface area contributed by atoms with E-state index >= 15 is 0 Å². The Kier molecular flexibility index (Phi) is 6.55. The van der Waals surface area contributed by atoms with Crippen molar-refractivity contribution in [2.75, 3.05) is 26.7 Å². The Balaban J connectivity index is 1.70. The first-order valence-corrected chi connectivity index (χ1v) is 10.5. The first-order chi connectivity index (χ1) is 14.4. The van der Waals surface area contributed by atoms with Gasteiger partial charge in [-0.15, -0.1) is 0 Å². The van der Waals surface area contributed by atoms with Gasteiger partial charge >= 0.3 is 6.18 Å². The Morgan fingerprint density at radius 1 is 1.26 bits per heavy atom. The molecule has 1 aromatic rings. The smallest absolute Gasteiger partial charge is 0.348 e. The van der Waals surface area contributed by atoms with Crippen LogP contribution in [-0.2, 0) is 11.2 Å². The standard InChI is InChI=1S/C22H30F4N4O/c1-13(2)20-18-12-29(7-8-30(18)21(28(20)4)22(24,25)26)19(31)11-16(27)10-15-6-5-14(3)9-17(15)23/h5-6,9,13,16,21H,7-8,10-12,27H2,1-4H3. The largest absolute Gasteiger partial charge is 0.427 e. The van der Waals surface area contributed by atoms with Gasteiger partial charge in [-0.1, -0.05) is 26.0 Å². The van der Waals surface area contributed by atoms with Crippen LogP contribution in [0.25, 0.3) is 0 Å². The maximum atomic E-state index is 14.1. The third kappa shape index (κ3) is 4.81. The highest BCUT2D eigenvalue weighted by molar-refractivity contribution is 5.77. The molecule has 9 heteroatoms. The molecular formula is C22H30F4N4O. The van der Waals surface area contributed by atoms with Crippen LogP contribution in [0.15, 0.2) is 29.6 Å². The summed E-state index contributed by atoms with van der Waals surface area (Å²) in [5.74, 6) is -0.694. The summed E-state index contributed by atoms with van der Waals surface area (Å²) in [4.78, 5) is 17.0. The van der Waals surface area contributed by atoms with Gasteiger partial charge in [0.15, 0.2) is 6.17 Å². The lowest BCUT2D eigenvalue weighted by Crippen LogP contribution is -2.55. The predicted molar refractivity (Wildman–Crippen MR) is 110 cm³/mol. The minimum absolute atomic E-state index is 0.0101. The number of hydrogen-bond acceptors (Lipinski definition) is 4. The van der Waals surface area contributed by atoms with E-state index in [-0.39, 0.29) is 50.1 Å². The van der Waals surface area contributed by atoms with Gasteiger partial charge in [-0.3, -0.25) is 4.79 Å². The van der Waals surface area contributed by atoms with Crippen LogP contribution in [0.1, 0.15) is 31.4 Å². The van der Waals surface area contributed by atoms with Crippen LogP contribution in [0.2, 0.25) is 0 Å². The Morgan fingerprint density at radius 2 is 1.94 bits per heavy atom. The lowest BCUT2D eigenvalue weighted by Gasteiger charge is -2.40. The van der Waals surface area contributed by atoms with E-state index in [1.165, 1.54) is 22.9 Å². The average Bonchev–Trinajstić information content (AvgIpc) is 2.95. The van der Waals surface area contributed by atoms with Gasteiger partial charge in [-0.05, 0) is 36.5 Å². The molecule has 2 heterocycles. The van der Waals surface area contributed by atoms with Gasteiger partial charge in [0.05, 0.1) is 12.2 Å². The summed E-state index contributed by atoms with van der Waals surface area (Å²) in [5.41, 5.74) is 8.50. The molecule has 0 bridgehead atoms. The fourth-order valence-electron chi connectivity index (χ4n) is 4.63. The number of nitrogens with zero attached hydrogens (tertiary/aromatic N) is 3. The highest BCUT2D eigenvalue weighted by Crippen LogP contribution is 2.41. The third-order valence-corrected chi connectivity index (χ3v) is 5.96. The van der Waals surface area contributed by atoms with Crippen molar-refractivity contribution in [2.45, 2.75) is 52.0 Å². The minimum Gasteiger partial charge on any atom is -0.348 e. The van der Waals surface area contributed by atoms with E-state index in [1.54, 1.807) is 24.0 Å². The molecule has 0 saturated carbocycles. The monoisotopic (exact) mass is 442 g/mol. The number of carbonyl (C=O) groups excluding carboxylic acids is 1. The van der Waals surface area contributed by atoms with Crippen LogP contribution in [0.4, 0.5) is 17.6 Å². The van der Waals surface area contributed by atoms with Gasteiger partial charge < -0.3 is 20.4 Å². The Morgan fingerprint density at radius 3 is 2.52 bits per heavy atom. The predicted octanol–water partition coefficient (Wildman–Crippen LogP) is 3.24. The van der Waals surface area contributed by atoms with E-state index in [0.29, 0.717) is 17.0 Å². The SMILES string of the molecule is Cc1ccc(CC(N)CC(=O)N2CCN3C(=C(C(C)C)N(C)C3C(F)(F)F)C2)c(F)c1. The summed E-state index contributed by atoms with van der Waals surface area (Å²) < 4.78 is 55.1. The third-order valence-electron chi connectivity index (χ3n) is 5.96. The van der Waals surface area contributed by atoms with Gasteiger partial charge in [0.2, 0.25) is 5.91 Å². The number of amides is 1. The van der Waals surface area contributed by atoms with E-state index in [9.17, 15) is 22.4 Å². The van der Waals surface area contributed by atoms with Crippen molar-refractivity contribution < 1.29 is 22.4 Å². The van der Waals surface area contributed by atoms with Crippen LogP contribution in [0.5, 0.6) is 0 Å². The highest BCUT2D eigenvalue weighted by atomic mass is 19.4. The Labute approximate surface area is 180 Å². The molecule has 0 radical (unpaired) electrons. The molecule has 5 nitrogen and oxygen atoms in total. The van der Waals surface area contributed by atoms with Gasteiger partial charge in [0.25, 0.3) is 0 Å². The lowest BCUT2D eigenvalue weighted by molar-refractivity contribution is -0.206. The van der Waals surface area contributed by atoms with E-state index in [0.717, 1.165) is 5.56 Å². The summed E-state index contributed by atoms with van der Waals surface area (Å²) in [5, 5.41) is 0. The zero-order valence-electron chi connectivity index (χ0n) is 18.3. The zero-order valence-corrected chi connectivity index (χ0v) is 18.3. The summed E-state index contributed by atoms with van der Waals surface area (Å²) in [6.07, 6.45) is -5.88. The topological polar surface area (TPSA) is 52.8 Å². The second-order valence-corrected chi connectivity index (χ2v) is 8.78. The summed E-state index contributed by atoms with van der Waals surface area (Å²) in [7, 11) is 1.46. The maximum Gasteiger partial charge on any atom is 0.427 e. The van der Waals surface area contributed by atoms with E-state index in [4.69, 9.17) is 5.73 Å². The van der Waals surface area contributed by atoms with E-state index in [2.05, 4.69) is 0 Å². The number of nitrogens with two attached hydrogens (primary N) is 1. The molecule has 172 valence electrons. The first kappa shape index (κ1) is 23.4. The number of benzene rings is 1. The van der Waals surface area contributed by atoms with Gasteiger partial charge in [0.1, 0.15) is 5.82 Å². The van der Waals surface area contributed by atoms with Crippen molar-refractivity contribution in [1.82, 2.24) is 14.7 Å². The van der Waals surface area contributed by atoms with Crippen molar-refractivity contribution >= 4 is 5.91 Å². The van der Waals surface area contributed by atoms with Crippen molar-refractivity contribution in [1.29, 1.82) is 0 Å². The lowest BCUT2D eigenvalue weighted by atomic mass is 10.0. The van der Waals surface area contributed by atoms with Crippen LogP contribution >= 0.6 is 0 Å². The molecule has 2 atom stereocenters. The Bertz CT molecular complexity index is 868. The fourth-order valence-corrected chi connectivity index (χ4v) is 4.63. The maximum absolute atomic E-state index is 14.1. The summed E-state index contributed by atoms with van der Waals surface area (Å²) in [6, 6.07) is 4.31. The second-order valence-electron chi connectivity index (χ2n) is 8.78. The molecular weight excluding hydrogens is 412 g/mol. The van der Waals surface area contributed by atoms with Gasteiger partial charge in [-0.25, -0.2) is 4.39 Å². The second kappa shape index (κ2) is 8.68.